The Hall–Kier alpha value is 0.350. The second-order valence-electron chi connectivity index (χ2n) is 4.58. The van der Waals surface area contributed by atoms with Crippen LogP contribution in [0.3, 0.4) is 0 Å². The van der Waals surface area contributed by atoms with Crippen molar-refractivity contribution in [1.29, 1.82) is 0 Å². The Morgan fingerprint density at radius 1 is 0.917 bits per heavy atom. The highest BCUT2D eigenvalue weighted by Crippen LogP contribution is 2.40. The normalized spacial score (nSPS) is 37.8. The van der Waals surface area contributed by atoms with E-state index in [1.807, 2.05) is 0 Å². The molecule has 0 aromatic heterocycles. The van der Waals surface area contributed by atoms with Gasteiger partial charge in [-0.05, 0) is 31.6 Å². The lowest BCUT2D eigenvalue weighted by molar-refractivity contribution is 0.391. The average molecular weight is 184 g/mol. The molecule has 0 heterocycles. The Morgan fingerprint density at radius 2 is 1.58 bits per heavy atom. The minimum atomic E-state index is 1.01. The molecule has 2 aliphatic carbocycles. The van der Waals surface area contributed by atoms with Crippen molar-refractivity contribution in [3.63, 3.8) is 0 Å². The average Bonchev–Trinajstić information content (AvgIpc) is 1.97. The summed E-state index contributed by atoms with van der Waals surface area (Å²) in [5.41, 5.74) is 0. The first-order valence-electron chi connectivity index (χ1n) is 5.50. The molecule has 2 aliphatic rings. The molecule has 2 rings (SSSR count). The summed E-state index contributed by atoms with van der Waals surface area (Å²) in [6.07, 6.45) is 10.5. The molecule has 0 aromatic carbocycles. The number of hydrogen-bond donors (Lipinski definition) is 0. The van der Waals surface area contributed by atoms with E-state index in [4.69, 9.17) is 0 Å². The molecule has 0 bridgehead atoms. The highest BCUT2D eigenvalue weighted by molar-refractivity contribution is 8.00. The van der Waals surface area contributed by atoms with Gasteiger partial charge >= 0.3 is 0 Å². The van der Waals surface area contributed by atoms with Crippen molar-refractivity contribution in [2.24, 2.45) is 5.92 Å². The third kappa shape index (κ3) is 2.18. The minimum absolute atomic E-state index is 1.01. The Labute approximate surface area is 80.5 Å². The van der Waals surface area contributed by atoms with Gasteiger partial charge in [-0.25, -0.2) is 0 Å². The quantitative estimate of drug-likeness (QED) is 0.628. The van der Waals surface area contributed by atoms with Crippen LogP contribution in [-0.2, 0) is 0 Å². The highest BCUT2D eigenvalue weighted by atomic mass is 32.2. The van der Waals surface area contributed by atoms with E-state index in [1.54, 1.807) is 0 Å². The van der Waals surface area contributed by atoms with Crippen LogP contribution in [-0.4, -0.2) is 10.5 Å². The van der Waals surface area contributed by atoms with Crippen LogP contribution in [0.5, 0.6) is 0 Å². The fourth-order valence-electron chi connectivity index (χ4n) is 2.28. The fraction of sp³-hybridized carbons (Fsp3) is 1.00. The Balaban J connectivity index is 1.71. The van der Waals surface area contributed by atoms with E-state index in [1.165, 1.54) is 44.9 Å². The van der Waals surface area contributed by atoms with Crippen LogP contribution in [0.15, 0.2) is 0 Å². The van der Waals surface area contributed by atoms with Crippen molar-refractivity contribution >= 4 is 11.8 Å². The summed E-state index contributed by atoms with van der Waals surface area (Å²) in [6.45, 7) is 2.42. The van der Waals surface area contributed by atoms with Crippen LogP contribution in [0.1, 0.15) is 51.9 Å². The van der Waals surface area contributed by atoms with Crippen LogP contribution in [0, 0.1) is 5.92 Å². The van der Waals surface area contributed by atoms with Gasteiger partial charge in [-0.3, -0.25) is 0 Å². The summed E-state index contributed by atoms with van der Waals surface area (Å²) in [7, 11) is 0. The van der Waals surface area contributed by atoms with Crippen LogP contribution in [0.4, 0.5) is 0 Å². The van der Waals surface area contributed by atoms with Crippen molar-refractivity contribution in [2.75, 3.05) is 0 Å². The summed E-state index contributed by atoms with van der Waals surface area (Å²) in [5.74, 6) is 1.01. The molecule has 12 heavy (non-hydrogen) atoms. The summed E-state index contributed by atoms with van der Waals surface area (Å²) in [5, 5.41) is 2.08. The van der Waals surface area contributed by atoms with E-state index >= 15 is 0 Å². The molecule has 0 N–H and O–H groups in total. The zero-order chi connectivity index (χ0) is 8.39. The van der Waals surface area contributed by atoms with Gasteiger partial charge in [0.2, 0.25) is 0 Å². The molecule has 0 aromatic rings. The van der Waals surface area contributed by atoms with Crippen LogP contribution >= 0.6 is 11.8 Å². The molecular formula is C11H20S. The van der Waals surface area contributed by atoms with E-state index in [-0.39, 0.29) is 0 Å². The summed E-state index contributed by atoms with van der Waals surface area (Å²) in [6, 6.07) is 0. The van der Waals surface area contributed by atoms with E-state index in [0.29, 0.717) is 0 Å². The van der Waals surface area contributed by atoms with Gasteiger partial charge in [0, 0.05) is 10.5 Å². The predicted molar refractivity (Wildman–Crippen MR) is 56.7 cm³/mol. The third-order valence-electron chi connectivity index (χ3n) is 3.33. The zero-order valence-corrected chi connectivity index (χ0v) is 8.91. The Morgan fingerprint density at radius 3 is 2.17 bits per heavy atom. The molecule has 2 saturated carbocycles. The monoisotopic (exact) mass is 184 g/mol. The van der Waals surface area contributed by atoms with E-state index in [2.05, 4.69) is 18.7 Å². The number of hydrogen-bond acceptors (Lipinski definition) is 1. The molecule has 0 amide bonds. The standard InChI is InChI=1S/C11H20S/c1-9-4-2-7-11(8-9)12-10-5-3-6-10/h9-11H,2-8H2,1H3. The lowest BCUT2D eigenvalue weighted by atomic mass is 9.90. The van der Waals surface area contributed by atoms with Gasteiger partial charge in [-0.1, -0.05) is 26.2 Å². The molecule has 2 fully saturated rings. The van der Waals surface area contributed by atoms with E-state index in [0.717, 1.165) is 16.4 Å². The SMILES string of the molecule is CC1CCCC(SC2CCC2)C1. The first-order chi connectivity index (χ1) is 5.84. The second-order valence-corrected chi connectivity index (χ2v) is 6.19. The van der Waals surface area contributed by atoms with Crippen molar-refractivity contribution < 1.29 is 0 Å². The molecule has 2 unspecified atom stereocenters. The smallest absolute Gasteiger partial charge is 0.00523 e. The highest BCUT2D eigenvalue weighted by Gasteiger charge is 2.25. The maximum atomic E-state index is 2.42. The van der Waals surface area contributed by atoms with Gasteiger partial charge in [0.05, 0.1) is 0 Å². The largest absolute Gasteiger partial charge is 0.155 e. The van der Waals surface area contributed by atoms with Gasteiger partial charge < -0.3 is 0 Å². The van der Waals surface area contributed by atoms with Gasteiger partial charge in [0.1, 0.15) is 0 Å². The van der Waals surface area contributed by atoms with E-state index in [9.17, 15) is 0 Å². The zero-order valence-electron chi connectivity index (χ0n) is 8.09. The van der Waals surface area contributed by atoms with Crippen molar-refractivity contribution in [1.82, 2.24) is 0 Å². The van der Waals surface area contributed by atoms with Gasteiger partial charge in [0.15, 0.2) is 0 Å². The van der Waals surface area contributed by atoms with Crippen molar-refractivity contribution in [3.05, 3.63) is 0 Å². The van der Waals surface area contributed by atoms with Gasteiger partial charge in [-0.15, -0.1) is 0 Å². The molecule has 70 valence electrons. The minimum Gasteiger partial charge on any atom is -0.155 e. The third-order valence-corrected chi connectivity index (χ3v) is 4.99. The Kier molecular flexibility index (Phi) is 3.00. The Bertz CT molecular complexity index is 140. The molecule has 0 radical (unpaired) electrons. The molecule has 0 nitrogen and oxygen atoms in total. The van der Waals surface area contributed by atoms with Crippen LogP contribution < -0.4 is 0 Å². The molecular weight excluding hydrogens is 164 g/mol. The summed E-state index contributed by atoms with van der Waals surface area (Å²) < 4.78 is 0. The van der Waals surface area contributed by atoms with Crippen LogP contribution in [0.2, 0.25) is 0 Å². The second kappa shape index (κ2) is 4.04. The lowest BCUT2D eigenvalue weighted by Crippen LogP contribution is -2.22. The van der Waals surface area contributed by atoms with Gasteiger partial charge in [-0.2, -0.15) is 11.8 Å². The first-order valence-corrected chi connectivity index (χ1v) is 6.44. The first kappa shape index (κ1) is 8.93. The fourth-order valence-corrected chi connectivity index (χ4v) is 4.17. The molecule has 0 saturated heterocycles. The topological polar surface area (TPSA) is 0 Å². The van der Waals surface area contributed by atoms with Crippen LogP contribution in [0.25, 0.3) is 0 Å². The summed E-state index contributed by atoms with van der Waals surface area (Å²) >= 11 is 2.31. The molecule has 1 heteroatoms. The van der Waals surface area contributed by atoms with Gasteiger partial charge in [0.25, 0.3) is 0 Å². The van der Waals surface area contributed by atoms with E-state index < -0.39 is 0 Å². The number of rotatable bonds is 2. The molecule has 0 spiro atoms. The maximum absolute atomic E-state index is 2.42. The number of thioether (sulfide) groups is 1. The molecule has 0 aliphatic heterocycles. The maximum Gasteiger partial charge on any atom is 0.00523 e. The van der Waals surface area contributed by atoms with Crippen molar-refractivity contribution in [2.45, 2.75) is 62.4 Å². The predicted octanol–water partition coefficient (Wildman–Crippen LogP) is 3.85. The summed E-state index contributed by atoms with van der Waals surface area (Å²) in [4.78, 5) is 0. The molecule has 2 atom stereocenters. The van der Waals surface area contributed by atoms with Crippen molar-refractivity contribution in [3.8, 4) is 0 Å². The lowest BCUT2D eigenvalue weighted by Gasteiger charge is -2.33.